The topological polar surface area (TPSA) is 51.2 Å². The summed E-state index contributed by atoms with van der Waals surface area (Å²) in [5.41, 5.74) is 2.86. The maximum Gasteiger partial charge on any atom is 0.138 e. The van der Waals surface area contributed by atoms with Gasteiger partial charge in [-0.1, -0.05) is 0 Å². The third kappa shape index (κ3) is 4.27. The Morgan fingerprint density at radius 3 is 2.95 bits per heavy atom. The lowest BCUT2D eigenvalue weighted by molar-refractivity contribution is -0.118. The quantitative estimate of drug-likeness (QED) is 0.875. The molecule has 2 heterocycles. The molecule has 0 radical (unpaired) electrons. The van der Waals surface area contributed by atoms with Crippen molar-refractivity contribution in [2.75, 3.05) is 20.2 Å². The predicted molar refractivity (Wildman–Crippen MR) is 83.8 cm³/mol. The summed E-state index contributed by atoms with van der Waals surface area (Å²) in [5, 5.41) is 3.40. The average molecular weight is 290 g/mol. The van der Waals surface area contributed by atoms with Crippen LogP contribution in [-0.2, 0) is 11.2 Å². The molecule has 1 fully saturated rings. The van der Waals surface area contributed by atoms with Crippen molar-refractivity contribution in [3.05, 3.63) is 23.0 Å². The molecule has 1 aliphatic heterocycles. The number of nitrogens with one attached hydrogen (secondary N) is 1. The summed E-state index contributed by atoms with van der Waals surface area (Å²) < 4.78 is 5.39. The third-order valence-electron chi connectivity index (χ3n) is 4.34. The van der Waals surface area contributed by atoms with Gasteiger partial charge in [0.25, 0.3) is 0 Å². The number of ether oxygens (including phenoxy) is 1. The van der Waals surface area contributed by atoms with Crippen molar-refractivity contribution < 1.29 is 9.53 Å². The minimum Gasteiger partial charge on any atom is -0.496 e. The molecule has 4 heteroatoms. The summed E-state index contributed by atoms with van der Waals surface area (Å²) in [6.45, 7) is 6.13. The molecule has 116 valence electrons. The summed E-state index contributed by atoms with van der Waals surface area (Å²) in [6, 6.07) is 0. The summed E-state index contributed by atoms with van der Waals surface area (Å²) in [5.74, 6) is 1.79. The van der Waals surface area contributed by atoms with E-state index in [9.17, 15) is 4.79 Å². The molecule has 0 aliphatic carbocycles. The molecule has 4 nitrogen and oxygen atoms in total. The molecule has 1 unspecified atom stereocenters. The summed E-state index contributed by atoms with van der Waals surface area (Å²) in [4.78, 5) is 16.6. The van der Waals surface area contributed by atoms with Gasteiger partial charge in [-0.3, -0.25) is 9.78 Å². The van der Waals surface area contributed by atoms with Crippen LogP contribution in [0.2, 0.25) is 0 Å². The zero-order chi connectivity index (χ0) is 15.2. The maximum absolute atomic E-state index is 12.2. The number of aromatic nitrogens is 1. The number of methoxy groups -OCH3 is 1. The van der Waals surface area contributed by atoms with E-state index in [1.54, 1.807) is 13.3 Å². The Morgan fingerprint density at radius 1 is 1.48 bits per heavy atom. The Morgan fingerprint density at radius 2 is 2.29 bits per heavy atom. The van der Waals surface area contributed by atoms with Crippen LogP contribution in [0.25, 0.3) is 0 Å². The number of piperidine rings is 1. The highest BCUT2D eigenvalue weighted by molar-refractivity contribution is 5.81. The van der Waals surface area contributed by atoms with E-state index < -0.39 is 0 Å². The molecular weight excluding hydrogens is 264 g/mol. The Kier molecular flexibility index (Phi) is 5.74. The second-order valence-corrected chi connectivity index (χ2v) is 6.01. The highest BCUT2D eigenvalue weighted by Crippen LogP contribution is 2.25. The van der Waals surface area contributed by atoms with Gasteiger partial charge in [-0.15, -0.1) is 0 Å². The molecule has 2 rings (SSSR count). The van der Waals surface area contributed by atoms with Crippen molar-refractivity contribution in [2.24, 2.45) is 5.92 Å². The minimum absolute atomic E-state index is 0.280. The predicted octanol–water partition coefficient (Wildman–Crippen LogP) is 2.60. The average Bonchev–Trinajstić information content (AvgIpc) is 2.50. The Labute approximate surface area is 127 Å². The van der Waals surface area contributed by atoms with E-state index >= 15 is 0 Å². The van der Waals surface area contributed by atoms with E-state index in [1.165, 1.54) is 12.8 Å². The van der Waals surface area contributed by atoms with Crippen molar-refractivity contribution in [1.29, 1.82) is 0 Å². The molecule has 0 spiro atoms. The minimum atomic E-state index is 0.280. The number of ketones is 1. The van der Waals surface area contributed by atoms with E-state index in [-0.39, 0.29) is 5.78 Å². The Hall–Kier alpha value is -1.42. The van der Waals surface area contributed by atoms with Gasteiger partial charge in [0, 0.05) is 30.2 Å². The largest absolute Gasteiger partial charge is 0.496 e. The fourth-order valence-corrected chi connectivity index (χ4v) is 3.06. The summed E-state index contributed by atoms with van der Waals surface area (Å²) in [6.07, 6.45) is 6.34. The number of carbonyl (C=O) groups is 1. The summed E-state index contributed by atoms with van der Waals surface area (Å²) in [7, 11) is 1.66. The lowest BCUT2D eigenvalue weighted by Gasteiger charge is -2.22. The van der Waals surface area contributed by atoms with Crippen LogP contribution in [0.1, 0.15) is 42.5 Å². The number of aryl methyl sites for hydroxylation is 1. The smallest absolute Gasteiger partial charge is 0.138 e. The first-order chi connectivity index (χ1) is 10.1. The highest BCUT2D eigenvalue weighted by Gasteiger charge is 2.16. The fourth-order valence-electron chi connectivity index (χ4n) is 3.06. The van der Waals surface area contributed by atoms with Gasteiger partial charge in [-0.05, 0) is 52.1 Å². The number of carbonyl (C=O) groups excluding carboxylic acids is 1. The molecule has 0 aromatic carbocycles. The molecule has 1 aromatic heterocycles. The molecule has 1 aromatic rings. The maximum atomic E-state index is 12.2. The number of hydrogen-bond acceptors (Lipinski definition) is 4. The number of nitrogens with zero attached hydrogens (tertiary/aromatic N) is 1. The van der Waals surface area contributed by atoms with Gasteiger partial charge in [0.1, 0.15) is 11.5 Å². The second kappa shape index (κ2) is 7.55. The summed E-state index contributed by atoms with van der Waals surface area (Å²) >= 11 is 0. The zero-order valence-electron chi connectivity index (χ0n) is 13.4. The molecule has 0 saturated carbocycles. The Balaban J connectivity index is 1.90. The van der Waals surface area contributed by atoms with Crippen LogP contribution in [-0.4, -0.2) is 31.0 Å². The third-order valence-corrected chi connectivity index (χ3v) is 4.34. The highest BCUT2D eigenvalue weighted by atomic mass is 16.5. The molecule has 0 amide bonds. The first-order valence-corrected chi connectivity index (χ1v) is 7.83. The first kappa shape index (κ1) is 16.0. The van der Waals surface area contributed by atoms with Crippen molar-refractivity contribution in [2.45, 2.75) is 46.0 Å². The van der Waals surface area contributed by atoms with E-state index in [0.29, 0.717) is 18.8 Å². The van der Waals surface area contributed by atoms with E-state index in [4.69, 9.17) is 4.74 Å². The van der Waals surface area contributed by atoms with Gasteiger partial charge in [-0.2, -0.15) is 0 Å². The second-order valence-electron chi connectivity index (χ2n) is 6.01. The van der Waals surface area contributed by atoms with Crippen molar-refractivity contribution in [3.63, 3.8) is 0 Å². The van der Waals surface area contributed by atoms with Crippen LogP contribution in [0.5, 0.6) is 5.75 Å². The van der Waals surface area contributed by atoms with Crippen LogP contribution < -0.4 is 10.1 Å². The van der Waals surface area contributed by atoms with Crippen LogP contribution >= 0.6 is 0 Å². The monoisotopic (exact) mass is 290 g/mol. The first-order valence-electron chi connectivity index (χ1n) is 7.83. The van der Waals surface area contributed by atoms with E-state index in [0.717, 1.165) is 42.1 Å². The molecule has 1 saturated heterocycles. The van der Waals surface area contributed by atoms with Gasteiger partial charge in [0.15, 0.2) is 0 Å². The SMILES string of the molecule is COc1c(C)cnc(CC(=O)CCC2CCCNC2)c1C. The Bertz CT molecular complexity index is 494. The van der Waals surface area contributed by atoms with Gasteiger partial charge in [0.05, 0.1) is 12.8 Å². The number of hydrogen-bond donors (Lipinski definition) is 1. The molecule has 21 heavy (non-hydrogen) atoms. The van der Waals surface area contributed by atoms with E-state index in [1.807, 2.05) is 13.8 Å². The van der Waals surface area contributed by atoms with Crippen molar-refractivity contribution >= 4 is 5.78 Å². The zero-order valence-corrected chi connectivity index (χ0v) is 13.4. The molecule has 1 N–H and O–H groups in total. The molecule has 0 bridgehead atoms. The lowest BCUT2D eigenvalue weighted by atomic mass is 9.92. The normalized spacial score (nSPS) is 18.5. The van der Waals surface area contributed by atoms with E-state index in [2.05, 4.69) is 10.3 Å². The fraction of sp³-hybridized carbons (Fsp3) is 0.647. The number of Topliss-reactive ketones (excluding diaryl/α,β-unsaturated/α-hetero) is 1. The van der Waals surface area contributed by atoms with Gasteiger partial charge >= 0.3 is 0 Å². The number of rotatable bonds is 6. The van der Waals surface area contributed by atoms with Crippen LogP contribution in [0.3, 0.4) is 0 Å². The molecular formula is C17H26N2O2. The number of pyridine rings is 1. The molecule has 1 atom stereocenters. The van der Waals surface area contributed by atoms with Gasteiger partial charge < -0.3 is 10.1 Å². The van der Waals surface area contributed by atoms with Gasteiger partial charge in [-0.25, -0.2) is 0 Å². The lowest BCUT2D eigenvalue weighted by Crippen LogP contribution is -2.30. The molecule has 1 aliphatic rings. The van der Waals surface area contributed by atoms with Crippen LogP contribution in [0.4, 0.5) is 0 Å². The van der Waals surface area contributed by atoms with Crippen molar-refractivity contribution in [1.82, 2.24) is 10.3 Å². The standard InChI is InChI=1S/C17H26N2O2/c1-12-10-19-16(13(2)17(12)21-3)9-15(20)7-6-14-5-4-8-18-11-14/h10,14,18H,4-9,11H2,1-3H3. The van der Waals surface area contributed by atoms with Crippen LogP contribution in [0, 0.1) is 19.8 Å². The van der Waals surface area contributed by atoms with Crippen molar-refractivity contribution in [3.8, 4) is 5.75 Å². The van der Waals surface area contributed by atoms with Crippen LogP contribution in [0.15, 0.2) is 6.20 Å². The van der Waals surface area contributed by atoms with Gasteiger partial charge in [0.2, 0.25) is 0 Å².